The number of piperazine rings is 1. The van der Waals surface area contributed by atoms with Crippen LogP contribution in [-0.4, -0.2) is 59.3 Å². The average molecular weight is 459 g/mol. The van der Waals surface area contributed by atoms with Crippen molar-refractivity contribution in [2.24, 2.45) is 0 Å². The molecule has 0 bridgehead atoms. The molecule has 1 aromatic carbocycles. The van der Waals surface area contributed by atoms with Gasteiger partial charge in [-0.25, -0.2) is 9.18 Å². The zero-order chi connectivity index (χ0) is 23.5. The van der Waals surface area contributed by atoms with E-state index in [-0.39, 0.29) is 17.9 Å². The zero-order valence-electron chi connectivity index (χ0n) is 19.0. The van der Waals surface area contributed by atoms with Crippen molar-refractivity contribution in [2.75, 3.05) is 37.6 Å². The van der Waals surface area contributed by atoms with E-state index < -0.39 is 11.8 Å². The Labute approximate surface area is 192 Å². The first-order valence-electron chi connectivity index (χ1n) is 11.7. The Bertz CT molecular complexity index is 1100. The molecule has 0 radical (unpaired) electrons. The fraction of sp³-hybridized carbons (Fsp3) is 0.542. The van der Waals surface area contributed by atoms with Crippen molar-refractivity contribution in [3.63, 3.8) is 0 Å². The summed E-state index contributed by atoms with van der Waals surface area (Å²) in [7, 11) is 0. The molecule has 1 aromatic heterocycles. The van der Waals surface area contributed by atoms with Crippen molar-refractivity contribution in [1.82, 2.24) is 14.8 Å². The molecule has 33 heavy (non-hydrogen) atoms. The van der Waals surface area contributed by atoms with Crippen LogP contribution in [0.2, 0.25) is 0 Å². The van der Waals surface area contributed by atoms with Crippen LogP contribution in [0.5, 0.6) is 0 Å². The van der Waals surface area contributed by atoms with Crippen LogP contribution < -0.4 is 15.6 Å². The minimum atomic E-state index is -0.800. The maximum atomic E-state index is 15.0. The van der Waals surface area contributed by atoms with Crippen LogP contribution in [0.1, 0.15) is 50.1 Å². The number of carbonyl (C=O) groups is 2. The van der Waals surface area contributed by atoms with Crippen molar-refractivity contribution in [1.29, 1.82) is 0 Å². The van der Waals surface area contributed by atoms with Crippen molar-refractivity contribution in [3.8, 4) is 0 Å². The van der Waals surface area contributed by atoms with Crippen LogP contribution >= 0.6 is 0 Å². The quantitative estimate of drug-likeness (QED) is 0.592. The molecule has 0 spiro atoms. The van der Waals surface area contributed by atoms with E-state index in [1.165, 1.54) is 6.07 Å². The second-order valence-corrected chi connectivity index (χ2v) is 9.01. The summed E-state index contributed by atoms with van der Waals surface area (Å²) >= 11 is 0. The Balaban J connectivity index is 1.37. The molecule has 1 saturated carbocycles. The lowest BCUT2D eigenvalue weighted by atomic mass is 10.1. The Morgan fingerprint density at radius 2 is 1.85 bits per heavy atom. The summed E-state index contributed by atoms with van der Waals surface area (Å²) in [5.74, 6) is -1.21. The number of hydrogen-bond donors (Lipinski definition) is 2. The molecule has 4 rings (SSSR count). The molecule has 2 aromatic rings. The summed E-state index contributed by atoms with van der Waals surface area (Å²) in [5, 5.41) is 11.9. The van der Waals surface area contributed by atoms with Crippen molar-refractivity contribution < 1.29 is 19.1 Å². The third-order valence-corrected chi connectivity index (χ3v) is 6.47. The number of carboxylic acid groups (broad SMARTS) is 1. The lowest BCUT2D eigenvalue weighted by Crippen LogP contribution is -2.52. The van der Waals surface area contributed by atoms with Gasteiger partial charge in [-0.2, -0.15) is 0 Å². The Kier molecular flexibility index (Phi) is 6.85. The molecule has 1 saturated heterocycles. The van der Waals surface area contributed by atoms with E-state index in [0.29, 0.717) is 61.8 Å². The number of amides is 2. The molecule has 1 aliphatic carbocycles. The molecule has 2 aliphatic rings. The van der Waals surface area contributed by atoms with Gasteiger partial charge in [-0.3, -0.25) is 9.59 Å². The fourth-order valence-corrected chi connectivity index (χ4v) is 4.43. The van der Waals surface area contributed by atoms with Gasteiger partial charge >= 0.3 is 12.0 Å². The normalized spacial score (nSPS) is 16.3. The van der Waals surface area contributed by atoms with Crippen LogP contribution in [0, 0.1) is 12.7 Å². The fourth-order valence-electron chi connectivity index (χ4n) is 4.43. The number of aliphatic carboxylic acids is 1. The number of aromatic nitrogens is 1. The number of carbonyl (C=O) groups excluding carboxylic acids is 1. The molecule has 8 nitrogen and oxygen atoms in total. The van der Waals surface area contributed by atoms with Gasteiger partial charge in [0.15, 0.2) is 5.43 Å². The summed E-state index contributed by atoms with van der Waals surface area (Å²) in [6.45, 7) is 4.25. The molecule has 178 valence electrons. The standard InChI is InChI=1S/C24H31FN4O4/c1-16-15-29(17-6-7-17)20-14-21(19(25)13-18(20)23(16)32)27-9-11-28(12-10-27)24(33)26-8-4-2-3-5-22(30)31/h13-15,17H,2-12H2,1H3,(H,26,33)(H,30,31). The SMILES string of the molecule is Cc1cn(C2CC2)c2cc(N3CCN(C(=O)NCCCCCC(=O)O)CC3)c(F)cc2c1=O. The van der Waals surface area contributed by atoms with Gasteiger partial charge < -0.3 is 24.8 Å². The number of urea groups is 1. The molecule has 2 amide bonds. The molecular formula is C24H31FN4O4. The number of rotatable bonds is 8. The van der Waals surface area contributed by atoms with Gasteiger partial charge in [0, 0.05) is 62.3 Å². The van der Waals surface area contributed by atoms with E-state index in [9.17, 15) is 14.4 Å². The molecule has 9 heteroatoms. The van der Waals surface area contributed by atoms with E-state index in [1.54, 1.807) is 17.9 Å². The van der Waals surface area contributed by atoms with Gasteiger partial charge in [-0.05, 0) is 44.7 Å². The van der Waals surface area contributed by atoms with Crippen LogP contribution in [0.15, 0.2) is 23.1 Å². The molecular weight excluding hydrogens is 427 g/mol. The third kappa shape index (κ3) is 5.29. The number of nitrogens with one attached hydrogen (secondary N) is 1. The molecule has 2 N–H and O–H groups in total. The topological polar surface area (TPSA) is 94.9 Å². The lowest BCUT2D eigenvalue weighted by molar-refractivity contribution is -0.137. The molecule has 2 heterocycles. The smallest absolute Gasteiger partial charge is 0.317 e. The molecule has 2 fully saturated rings. The Morgan fingerprint density at radius 1 is 1.12 bits per heavy atom. The number of hydrogen-bond acceptors (Lipinski definition) is 4. The van der Waals surface area contributed by atoms with Gasteiger partial charge in [0.25, 0.3) is 0 Å². The number of unbranched alkanes of at least 4 members (excludes halogenated alkanes) is 2. The number of halogens is 1. The highest BCUT2D eigenvalue weighted by Gasteiger charge is 2.27. The maximum absolute atomic E-state index is 15.0. The number of benzene rings is 1. The number of nitrogens with zero attached hydrogens (tertiary/aromatic N) is 3. The lowest BCUT2D eigenvalue weighted by Gasteiger charge is -2.36. The minimum absolute atomic E-state index is 0.128. The second kappa shape index (κ2) is 9.80. The highest BCUT2D eigenvalue weighted by Crippen LogP contribution is 2.38. The first-order valence-corrected chi connectivity index (χ1v) is 11.7. The zero-order valence-corrected chi connectivity index (χ0v) is 19.0. The minimum Gasteiger partial charge on any atom is -0.481 e. The summed E-state index contributed by atoms with van der Waals surface area (Å²) in [6, 6.07) is 3.37. The van der Waals surface area contributed by atoms with E-state index in [0.717, 1.165) is 31.2 Å². The van der Waals surface area contributed by atoms with Gasteiger partial charge in [-0.15, -0.1) is 0 Å². The van der Waals surface area contributed by atoms with E-state index in [1.807, 2.05) is 11.1 Å². The average Bonchev–Trinajstić information content (AvgIpc) is 3.63. The van der Waals surface area contributed by atoms with Crippen molar-refractivity contribution in [3.05, 3.63) is 39.9 Å². The Hall–Kier alpha value is -3.10. The first kappa shape index (κ1) is 23.1. The van der Waals surface area contributed by atoms with Crippen LogP contribution in [0.25, 0.3) is 10.9 Å². The van der Waals surface area contributed by atoms with Crippen molar-refractivity contribution >= 4 is 28.6 Å². The summed E-state index contributed by atoms with van der Waals surface area (Å²) in [5.41, 5.74) is 1.74. The van der Waals surface area contributed by atoms with Crippen LogP contribution in [0.3, 0.4) is 0 Å². The number of pyridine rings is 1. The monoisotopic (exact) mass is 458 g/mol. The third-order valence-electron chi connectivity index (χ3n) is 6.47. The van der Waals surface area contributed by atoms with Gasteiger partial charge in [0.1, 0.15) is 5.82 Å². The van der Waals surface area contributed by atoms with Gasteiger partial charge in [-0.1, -0.05) is 6.42 Å². The van der Waals surface area contributed by atoms with Crippen LogP contribution in [0.4, 0.5) is 14.9 Å². The van der Waals surface area contributed by atoms with Gasteiger partial charge in [0.05, 0.1) is 11.2 Å². The largest absolute Gasteiger partial charge is 0.481 e. The van der Waals surface area contributed by atoms with E-state index in [4.69, 9.17) is 5.11 Å². The number of fused-ring (bicyclic) bond motifs is 1. The van der Waals surface area contributed by atoms with Crippen LogP contribution in [-0.2, 0) is 4.79 Å². The number of carboxylic acids is 1. The second-order valence-electron chi connectivity index (χ2n) is 9.01. The van der Waals surface area contributed by atoms with Gasteiger partial charge in [0.2, 0.25) is 0 Å². The van der Waals surface area contributed by atoms with E-state index >= 15 is 4.39 Å². The Morgan fingerprint density at radius 3 is 2.52 bits per heavy atom. The highest BCUT2D eigenvalue weighted by atomic mass is 19.1. The maximum Gasteiger partial charge on any atom is 0.317 e. The molecule has 0 unspecified atom stereocenters. The molecule has 0 atom stereocenters. The van der Waals surface area contributed by atoms with Crippen molar-refractivity contribution in [2.45, 2.75) is 51.5 Å². The highest BCUT2D eigenvalue weighted by molar-refractivity contribution is 5.84. The first-order chi connectivity index (χ1) is 15.8. The predicted octanol–water partition coefficient (Wildman–Crippen LogP) is 3.26. The number of anilines is 1. The summed E-state index contributed by atoms with van der Waals surface area (Å²) < 4.78 is 17.1. The predicted molar refractivity (Wildman–Crippen MR) is 124 cm³/mol. The summed E-state index contributed by atoms with van der Waals surface area (Å²) in [4.78, 5) is 39.2. The number of aryl methyl sites for hydroxylation is 1. The molecule has 1 aliphatic heterocycles. The van der Waals surface area contributed by atoms with E-state index in [2.05, 4.69) is 9.88 Å². The summed E-state index contributed by atoms with van der Waals surface area (Å²) in [6.07, 6.45) is 6.27.